The molecule has 0 aliphatic heterocycles. The third-order valence-electron chi connectivity index (χ3n) is 6.47. The summed E-state index contributed by atoms with van der Waals surface area (Å²) < 4.78 is 141. The highest BCUT2D eigenvalue weighted by Crippen LogP contribution is 2.38. The Morgan fingerprint density at radius 2 is 1.84 bits per heavy atom. The van der Waals surface area contributed by atoms with Crippen LogP contribution in [0.15, 0.2) is 57.9 Å². The van der Waals surface area contributed by atoms with E-state index >= 15 is 0 Å². The van der Waals surface area contributed by atoms with Gasteiger partial charge in [-0.25, -0.2) is 14.4 Å². The van der Waals surface area contributed by atoms with E-state index < -0.39 is 80.2 Å². The molecule has 0 atom stereocenters. The maximum Gasteiger partial charge on any atom is 0.389 e. The van der Waals surface area contributed by atoms with E-state index in [-0.39, 0.29) is 44.8 Å². The van der Waals surface area contributed by atoms with Crippen molar-refractivity contribution in [2.75, 3.05) is 14.1 Å². The van der Waals surface area contributed by atoms with Gasteiger partial charge < -0.3 is 24.3 Å². The number of fused-ring (bicyclic) bond motifs is 1. The zero-order valence-electron chi connectivity index (χ0n) is 31.9. The van der Waals surface area contributed by atoms with Crippen LogP contribution in [0.1, 0.15) is 64.7 Å². The minimum Gasteiger partial charge on any atom is -0.480 e. The molecule has 234 valence electrons. The number of nitrogens with zero attached hydrogens (tertiary/aromatic N) is 4. The summed E-state index contributed by atoms with van der Waals surface area (Å²) in [5.41, 5.74) is -5.28. The van der Waals surface area contributed by atoms with Gasteiger partial charge in [0.2, 0.25) is 18.0 Å². The number of aromatic nitrogens is 4. The fraction of sp³-hybridized carbons (Fsp3) is 0.267. The number of aryl methyl sites for hydroxylation is 1. The quantitative estimate of drug-likeness (QED) is 0.198. The van der Waals surface area contributed by atoms with Crippen LogP contribution in [0, 0.1) is 5.82 Å². The lowest BCUT2D eigenvalue weighted by Crippen LogP contribution is -2.42. The highest BCUT2D eigenvalue weighted by atomic mass is 19.4. The van der Waals surface area contributed by atoms with E-state index in [1.165, 1.54) is 25.2 Å². The van der Waals surface area contributed by atoms with Crippen molar-refractivity contribution in [2.45, 2.75) is 38.3 Å². The molecule has 5 rings (SSSR count). The first-order chi connectivity index (χ1) is 25.0. The Morgan fingerprint density at radius 3 is 2.49 bits per heavy atom. The van der Waals surface area contributed by atoms with Crippen molar-refractivity contribution in [1.29, 1.82) is 0 Å². The summed E-state index contributed by atoms with van der Waals surface area (Å²) in [6, 6.07) is 6.79. The number of methoxy groups -OCH3 is 1. The van der Waals surface area contributed by atoms with Crippen LogP contribution >= 0.6 is 0 Å². The van der Waals surface area contributed by atoms with Gasteiger partial charge in [0.25, 0.3) is 11.8 Å². The molecule has 11 nitrogen and oxygen atoms in total. The fourth-order valence-electron chi connectivity index (χ4n) is 4.39. The smallest absolute Gasteiger partial charge is 0.389 e. The Kier molecular flexibility index (Phi) is 5.69. The Balaban J connectivity index is 1.77. The lowest BCUT2D eigenvalue weighted by molar-refractivity contribution is -0.134. The van der Waals surface area contributed by atoms with Gasteiger partial charge in [0.05, 0.1) is 33.3 Å². The number of carbonyl (C=O) groups is 2. The number of pyridine rings is 2. The Bertz CT molecular complexity index is 2170. The normalized spacial score (nSPS) is 15.7. The number of carbonyl (C=O) groups excluding carboxylic acids is 2. The van der Waals surface area contributed by atoms with Gasteiger partial charge in [-0.2, -0.15) is 18.2 Å². The van der Waals surface area contributed by atoms with Crippen molar-refractivity contribution in [3.05, 3.63) is 77.5 Å². The SMILES string of the molecule is [2H]C([2H])([2H])Oc1ncc(-c2cc3c(C(=O)NC)c(-c4ccc(F)cc4)oc3nc2CCC(F)(F)F)cc1C(=O)NC(c1ncon1)(C([2H])([2H])[2H])C([2H])([2H])[2H]. The van der Waals surface area contributed by atoms with E-state index in [0.717, 1.165) is 24.4 Å². The summed E-state index contributed by atoms with van der Waals surface area (Å²) in [5, 5.41) is 7.56. The summed E-state index contributed by atoms with van der Waals surface area (Å²) in [6.45, 7) is -7.24. The second-order valence-electron chi connectivity index (χ2n) is 9.48. The molecule has 0 aliphatic rings. The second-order valence-corrected chi connectivity index (χ2v) is 9.48. The maximum atomic E-state index is 14.0. The van der Waals surface area contributed by atoms with Gasteiger partial charge in [-0.15, -0.1) is 0 Å². The molecule has 0 saturated heterocycles. The van der Waals surface area contributed by atoms with Gasteiger partial charge in [-0.05, 0) is 56.5 Å². The number of amides is 2. The second kappa shape index (κ2) is 12.0. The number of hydrogen-bond donors (Lipinski definition) is 2. The number of nitrogens with one attached hydrogen (secondary N) is 2. The average molecular weight is 636 g/mol. The highest BCUT2D eigenvalue weighted by molar-refractivity contribution is 6.11. The number of benzene rings is 1. The van der Waals surface area contributed by atoms with Gasteiger partial charge in [0.15, 0.2) is 5.82 Å². The predicted molar refractivity (Wildman–Crippen MR) is 152 cm³/mol. The lowest BCUT2D eigenvalue weighted by atomic mass is 9.97. The first kappa shape index (κ1) is 21.4. The average Bonchev–Trinajstić information content (AvgIpc) is 3.72. The van der Waals surface area contributed by atoms with Crippen LogP contribution in [0.4, 0.5) is 17.6 Å². The van der Waals surface area contributed by atoms with Crippen molar-refractivity contribution in [3.8, 4) is 28.3 Å². The van der Waals surface area contributed by atoms with Gasteiger partial charge in [-0.1, -0.05) is 5.16 Å². The standard InChI is InChI=1S/C30H26F4N6O5/c1-29(2,28-37-14-44-40-28)39-24(41)20-11-16(13-36-26(20)43-4)18-12-19-22(25(42)35-3)23(15-5-7-17(31)8-6-15)45-27(19)38-21(18)9-10-30(32,33)34/h5-8,11-14H,9-10H2,1-4H3,(H,35,42)(H,39,41)/i1D3,2D3,4D3. The van der Waals surface area contributed by atoms with E-state index in [1.54, 1.807) is 0 Å². The largest absolute Gasteiger partial charge is 0.480 e. The minimum absolute atomic E-state index is 0.0609. The zero-order chi connectivity index (χ0) is 40.0. The Labute approximate surface area is 265 Å². The van der Waals surface area contributed by atoms with Crippen LogP contribution in [-0.4, -0.2) is 52.2 Å². The van der Waals surface area contributed by atoms with Crippen molar-refractivity contribution < 1.29 is 53.2 Å². The number of rotatable bonds is 9. The minimum atomic E-state index is -4.70. The molecule has 2 N–H and O–H groups in total. The van der Waals surface area contributed by atoms with Crippen molar-refractivity contribution in [3.63, 3.8) is 0 Å². The molecule has 0 unspecified atom stereocenters. The van der Waals surface area contributed by atoms with E-state index in [4.69, 9.17) is 21.5 Å². The molecule has 5 aromatic rings. The van der Waals surface area contributed by atoms with Crippen LogP contribution in [0.5, 0.6) is 5.88 Å². The summed E-state index contributed by atoms with van der Waals surface area (Å²) in [4.78, 5) is 38.9. The Hall–Kier alpha value is -5.34. The van der Waals surface area contributed by atoms with Crippen LogP contribution in [-0.2, 0) is 12.0 Å². The van der Waals surface area contributed by atoms with Crippen molar-refractivity contribution >= 4 is 22.9 Å². The monoisotopic (exact) mass is 635 g/mol. The summed E-state index contributed by atoms with van der Waals surface area (Å²) in [7, 11) is -2.00. The number of alkyl halides is 3. The molecular formula is C30H26F4N6O5. The molecule has 45 heavy (non-hydrogen) atoms. The maximum absolute atomic E-state index is 14.0. The summed E-state index contributed by atoms with van der Waals surface area (Å²) >= 11 is 0. The molecule has 0 radical (unpaired) electrons. The topological polar surface area (TPSA) is 145 Å². The summed E-state index contributed by atoms with van der Waals surface area (Å²) in [5.74, 6) is -5.04. The number of halogens is 4. The molecule has 0 bridgehead atoms. The molecule has 4 heterocycles. The fourth-order valence-corrected chi connectivity index (χ4v) is 4.39. The van der Waals surface area contributed by atoms with Crippen LogP contribution in [0.3, 0.4) is 0 Å². The van der Waals surface area contributed by atoms with Crippen molar-refractivity contribution in [1.82, 2.24) is 30.7 Å². The first-order valence-electron chi connectivity index (χ1n) is 17.3. The molecule has 0 saturated carbocycles. The van der Waals surface area contributed by atoms with Crippen LogP contribution < -0.4 is 15.4 Å². The van der Waals surface area contributed by atoms with Gasteiger partial charge in [0, 0.05) is 44.6 Å². The molecular weight excluding hydrogens is 600 g/mol. The molecule has 0 spiro atoms. The van der Waals surface area contributed by atoms with E-state index in [2.05, 4.69) is 29.9 Å². The highest BCUT2D eigenvalue weighted by Gasteiger charge is 2.31. The number of hydrogen-bond acceptors (Lipinski definition) is 9. The van der Waals surface area contributed by atoms with Gasteiger partial charge in [-0.3, -0.25) is 9.59 Å². The Morgan fingerprint density at radius 1 is 1.07 bits per heavy atom. The number of furan rings is 1. The molecule has 0 aliphatic carbocycles. The predicted octanol–water partition coefficient (Wildman–Crippen LogP) is 5.61. The van der Waals surface area contributed by atoms with E-state index in [0.29, 0.717) is 6.39 Å². The van der Waals surface area contributed by atoms with E-state index in [1.807, 2.05) is 5.32 Å². The van der Waals surface area contributed by atoms with Gasteiger partial charge in [0.1, 0.15) is 17.1 Å². The van der Waals surface area contributed by atoms with Crippen LogP contribution in [0.25, 0.3) is 33.6 Å². The van der Waals surface area contributed by atoms with E-state index in [9.17, 15) is 27.2 Å². The van der Waals surface area contributed by atoms with Crippen LogP contribution in [0.2, 0.25) is 0 Å². The molecule has 15 heteroatoms. The molecule has 0 fully saturated rings. The molecule has 2 amide bonds. The molecule has 1 aromatic carbocycles. The first-order valence-corrected chi connectivity index (χ1v) is 12.8. The van der Waals surface area contributed by atoms with Gasteiger partial charge >= 0.3 is 6.18 Å². The zero-order valence-corrected chi connectivity index (χ0v) is 22.9. The van der Waals surface area contributed by atoms with Crippen molar-refractivity contribution in [2.24, 2.45) is 0 Å². The number of ether oxygens (including phenoxy) is 1. The lowest BCUT2D eigenvalue weighted by Gasteiger charge is -2.23. The summed E-state index contributed by atoms with van der Waals surface area (Å²) in [6.07, 6.45) is -5.41. The third-order valence-corrected chi connectivity index (χ3v) is 6.47. The third kappa shape index (κ3) is 6.46. The molecule has 4 aromatic heterocycles.